The quantitative estimate of drug-likeness (QED) is 0.605. The van der Waals surface area contributed by atoms with Crippen LogP contribution in [0.2, 0.25) is 0 Å². The molecule has 2 bridgehead atoms. The van der Waals surface area contributed by atoms with Gasteiger partial charge in [-0.2, -0.15) is 0 Å². The second-order valence-electron chi connectivity index (χ2n) is 7.81. The summed E-state index contributed by atoms with van der Waals surface area (Å²) in [6.07, 6.45) is 2.00. The van der Waals surface area contributed by atoms with Crippen molar-refractivity contribution in [3.8, 4) is 5.75 Å². The van der Waals surface area contributed by atoms with E-state index >= 15 is 0 Å². The molecular formula is C20H28N2O3S. The number of hydrogen-bond donors (Lipinski definition) is 2. The summed E-state index contributed by atoms with van der Waals surface area (Å²) in [4.78, 5) is 12.5. The van der Waals surface area contributed by atoms with Crippen LogP contribution in [-0.4, -0.2) is 30.8 Å². The zero-order valence-electron chi connectivity index (χ0n) is 15.9. The maximum atomic E-state index is 12.5. The number of methoxy groups -OCH3 is 1. The average molecular weight is 377 g/mol. The molecule has 0 saturated heterocycles. The van der Waals surface area contributed by atoms with Crippen molar-refractivity contribution in [1.29, 1.82) is 0 Å². The third-order valence-corrected chi connectivity index (χ3v) is 6.39. The molecule has 4 rings (SSSR count). The SMILES string of the molecule is CCOC(=O)C1CC2CC(C1NC(=S)Nc1cccc(OC)c1)C2(C)C. The number of thiocarbonyl (C=S) groups is 1. The smallest absolute Gasteiger partial charge is 0.311 e. The van der Waals surface area contributed by atoms with E-state index in [0.29, 0.717) is 23.6 Å². The highest BCUT2D eigenvalue weighted by Crippen LogP contribution is 2.60. The Morgan fingerprint density at radius 2 is 2.12 bits per heavy atom. The number of benzene rings is 1. The first-order chi connectivity index (χ1) is 12.4. The molecule has 1 aromatic carbocycles. The van der Waals surface area contributed by atoms with Crippen LogP contribution in [0.25, 0.3) is 0 Å². The lowest BCUT2D eigenvalue weighted by Gasteiger charge is -2.62. The maximum Gasteiger partial charge on any atom is 0.311 e. The van der Waals surface area contributed by atoms with Gasteiger partial charge in [0.15, 0.2) is 5.11 Å². The minimum absolute atomic E-state index is 0.000317. The largest absolute Gasteiger partial charge is 0.497 e. The van der Waals surface area contributed by atoms with Gasteiger partial charge in [-0.15, -0.1) is 0 Å². The second kappa shape index (κ2) is 7.43. The van der Waals surface area contributed by atoms with Gasteiger partial charge in [0, 0.05) is 17.8 Å². The van der Waals surface area contributed by atoms with Crippen molar-refractivity contribution in [2.75, 3.05) is 19.0 Å². The summed E-state index contributed by atoms with van der Waals surface area (Å²) in [7, 11) is 1.64. The number of rotatable bonds is 5. The summed E-state index contributed by atoms with van der Waals surface area (Å²) < 4.78 is 10.6. The molecule has 3 fully saturated rings. The van der Waals surface area contributed by atoms with E-state index in [2.05, 4.69) is 24.5 Å². The van der Waals surface area contributed by atoms with Gasteiger partial charge in [-0.25, -0.2) is 0 Å². The zero-order valence-corrected chi connectivity index (χ0v) is 16.7. The number of ether oxygens (including phenoxy) is 2. The van der Waals surface area contributed by atoms with E-state index in [-0.39, 0.29) is 23.3 Å². The second-order valence-corrected chi connectivity index (χ2v) is 8.22. The van der Waals surface area contributed by atoms with E-state index in [1.54, 1.807) is 7.11 Å². The first-order valence-corrected chi connectivity index (χ1v) is 9.65. The van der Waals surface area contributed by atoms with Crippen LogP contribution >= 0.6 is 12.2 Å². The Labute approximate surface area is 160 Å². The fourth-order valence-electron chi connectivity index (χ4n) is 4.51. The van der Waals surface area contributed by atoms with Crippen LogP contribution in [0.3, 0.4) is 0 Å². The van der Waals surface area contributed by atoms with E-state index in [4.69, 9.17) is 21.7 Å². The highest BCUT2D eigenvalue weighted by Gasteiger charge is 2.59. The lowest BCUT2D eigenvalue weighted by atomic mass is 9.45. The normalized spacial score (nSPS) is 28.5. The van der Waals surface area contributed by atoms with Gasteiger partial charge >= 0.3 is 5.97 Å². The Bertz CT molecular complexity index is 691. The Hall–Kier alpha value is -1.82. The fourth-order valence-corrected chi connectivity index (χ4v) is 4.77. The minimum atomic E-state index is -0.142. The Balaban J connectivity index is 1.71. The number of carbonyl (C=O) groups is 1. The number of fused-ring (bicyclic) bond motifs is 2. The molecule has 3 aliphatic rings. The molecule has 0 aromatic heterocycles. The number of esters is 1. The molecule has 142 valence electrons. The highest BCUT2D eigenvalue weighted by molar-refractivity contribution is 7.80. The molecule has 0 amide bonds. The third-order valence-electron chi connectivity index (χ3n) is 6.17. The van der Waals surface area contributed by atoms with Gasteiger partial charge in [-0.05, 0) is 61.4 Å². The van der Waals surface area contributed by atoms with E-state index in [1.807, 2.05) is 31.2 Å². The van der Waals surface area contributed by atoms with Crippen LogP contribution in [0.15, 0.2) is 24.3 Å². The van der Waals surface area contributed by atoms with E-state index in [1.165, 1.54) is 0 Å². The van der Waals surface area contributed by atoms with Gasteiger partial charge < -0.3 is 20.1 Å². The van der Waals surface area contributed by atoms with Crippen LogP contribution in [0.4, 0.5) is 5.69 Å². The molecule has 5 nitrogen and oxygen atoms in total. The topological polar surface area (TPSA) is 59.6 Å². The zero-order chi connectivity index (χ0) is 18.9. The van der Waals surface area contributed by atoms with Gasteiger partial charge in [0.1, 0.15) is 5.75 Å². The molecule has 26 heavy (non-hydrogen) atoms. The monoisotopic (exact) mass is 376 g/mol. The van der Waals surface area contributed by atoms with Crippen molar-refractivity contribution in [3.63, 3.8) is 0 Å². The van der Waals surface area contributed by atoms with Crippen LogP contribution in [0.1, 0.15) is 33.6 Å². The van der Waals surface area contributed by atoms with Gasteiger partial charge in [0.05, 0.1) is 19.6 Å². The molecule has 0 spiro atoms. The highest BCUT2D eigenvalue weighted by atomic mass is 32.1. The summed E-state index contributed by atoms with van der Waals surface area (Å²) in [6.45, 7) is 6.84. The molecule has 3 aliphatic carbocycles. The molecule has 4 unspecified atom stereocenters. The number of carbonyl (C=O) groups excluding carboxylic acids is 1. The van der Waals surface area contributed by atoms with Gasteiger partial charge in [0.2, 0.25) is 0 Å². The standard InChI is InChI=1S/C20H28N2O3S/c1-5-25-18(23)15-9-12-10-16(20(12,2)3)17(15)22-19(26)21-13-7-6-8-14(11-13)24-4/h6-8,11-12,15-17H,5,9-10H2,1-4H3,(H2,21,22,26). The summed E-state index contributed by atoms with van der Waals surface area (Å²) in [5.41, 5.74) is 1.09. The first kappa shape index (κ1) is 19.0. The van der Waals surface area contributed by atoms with Crippen LogP contribution in [0.5, 0.6) is 5.75 Å². The summed E-state index contributed by atoms with van der Waals surface area (Å²) >= 11 is 5.53. The number of nitrogens with one attached hydrogen (secondary N) is 2. The summed E-state index contributed by atoms with van der Waals surface area (Å²) in [5.74, 6) is 1.51. The maximum absolute atomic E-state index is 12.5. The molecule has 0 heterocycles. The Kier molecular flexibility index (Phi) is 5.42. The van der Waals surface area contributed by atoms with E-state index < -0.39 is 0 Å². The van der Waals surface area contributed by atoms with Crippen molar-refractivity contribution in [1.82, 2.24) is 5.32 Å². The van der Waals surface area contributed by atoms with Crippen molar-refractivity contribution >= 4 is 29.0 Å². The molecule has 0 aliphatic heterocycles. The predicted octanol–water partition coefficient (Wildman–Crippen LogP) is 3.60. The average Bonchev–Trinajstić information content (AvgIpc) is 2.61. The Morgan fingerprint density at radius 3 is 2.77 bits per heavy atom. The van der Waals surface area contributed by atoms with Crippen LogP contribution < -0.4 is 15.4 Å². The van der Waals surface area contributed by atoms with Gasteiger partial charge in [-0.3, -0.25) is 4.79 Å². The molecule has 2 N–H and O–H groups in total. The molecular weight excluding hydrogens is 348 g/mol. The summed E-state index contributed by atoms with van der Waals surface area (Å²) in [5, 5.41) is 7.15. The van der Waals surface area contributed by atoms with Crippen LogP contribution in [0, 0.1) is 23.2 Å². The lowest BCUT2D eigenvalue weighted by molar-refractivity contribution is -0.166. The predicted molar refractivity (Wildman–Crippen MR) is 106 cm³/mol. The summed E-state index contributed by atoms with van der Waals surface area (Å²) in [6, 6.07) is 7.62. The minimum Gasteiger partial charge on any atom is -0.497 e. The molecule has 3 saturated carbocycles. The number of anilines is 1. The van der Waals surface area contributed by atoms with Crippen molar-refractivity contribution < 1.29 is 14.3 Å². The van der Waals surface area contributed by atoms with Gasteiger partial charge in [0.25, 0.3) is 0 Å². The van der Waals surface area contributed by atoms with Crippen molar-refractivity contribution in [3.05, 3.63) is 24.3 Å². The van der Waals surface area contributed by atoms with E-state index in [0.717, 1.165) is 24.3 Å². The van der Waals surface area contributed by atoms with Crippen molar-refractivity contribution in [2.45, 2.75) is 39.7 Å². The molecule has 0 radical (unpaired) electrons. The van der Waals surface area contributed by atoms with Gasteiger partial charge in [-0.1, -0.05) is 19.9 Å². The Morgan fingerprint density at radius 1 is 1.35 bits per heavy atom. The molecule has 4 atom stereocenters. The van der Waals surface area contributed by atoms with Crippen molar-refractivity contribution in [2.24, 2.45) is 23.2 Å². The lowest BCUT2D eigenvalue weighted by Crippen LogP contribution is -2.65. The first-order valence-electron chi connectivity index (χ1n) is 9.25. The third kappa shape index (κ3) is 3.52. The van der Waals surface area contributed by atoms with E-state index in [9.17, 15) is 4.79 Å². The number of hydrogen-bond acceptors (Lipinski definition) is 4. The van der Waals surface area contributed by atoms with Crippen LogP contribution in [-0.2, 0) is 9.53 Å². The molecule has 6 heteroatoms. The molecule has 1 aromatic rings. The fraction of sp³-hybridized carbons (Fsp3) is 0.600.